The first-order chi connectivity index (χ1) is 8.65. The Bertz CT molecular complexity index is 405. The maximum Gasteiger partial charge on any atom is 0.171 e. The van der Waals surface area contributed by atoms with Crippen molar-refractivity contribution in [3.8, 4) is 0 Å². The van der Waals surface area contributed by atoms with E-state index in [0.29, 0.717) is 0 Å². The van der Waals surface area contributed by atoms with Gasteiger partial charge in [0.05, 0.1) is 17.8 Å². The van der Waals surface area contributed by atoms with E-state index in [0.717, 1.165) is 0 Å². The summed E-state index contributed by atoms with van der Waals surface area (Å²) < 4.78 is 24.6. The minimum Gasteiger partial charge on any atom is -0.497 e. The van der Waals surface area contributed by atoms with Gasteiger partial charge in [-0.05, 0) is 25.7 Å². The third-order valence-electron chi connectivity index (χ3n) is 2.67. The molecule has 19 heavy (non-hydrogen) atoms. The van der Waals surface area contributed by atoms with Crippen LogP contribution in [0, 0.1) is 0 Å². The largest absolute Gasteiger partial charge is 0.497 e. The van der Waals surface area contributed by atoms with Crippen LogP contribution in [0.25, 0.3) is 0 Å². The van der Waals surface area contributed by atoms with Crippen LogP contribution >= 0.6 is 6.42 Å². The maximum atomic E-state index is 14.0. The van der Waals surface area contributed by atoms with Gasteiger partial charge < -0.3 is 19.5 Å². The number of rotatable bonds is 6. The molecular formula is C11H20BFNO3PS. The SMILES string of the molecule is [B][C@@H]1OC(COC(C)C)=C(NP(O)(=S)C(C)C)C1F. The Hall–Kier alpha value is -0.0951. The molecule has 2 N–H and O–H groups in total. The third kappa shape index (κ3) is 4.45. The summed E-state index contributed by atoms with van der Waals surface area (Å²) in [5.74, 6) is 0.276. The third-order valence-corrected chi connectivity index (χ3v) is 6.17. The second-order valence-electron chi connectivity index (χ2n) is 5.01. The van der Waals surface area contributed by atoms with Crippen molar-refractivity contribution in [2.24, 2.45) is 0 Å². The molecule has 0 saturated heterocycles. The number of hydrogen-bond donors (Lipinski definition) is 2. The Labute approximate surface area is 120 Å². The van der Waals surface area contributed by atoms with Crippen molar-refractivity contribution in [1.82, 2.24) is 5.09 Å². The van der Waals surface area contributed by atoms with E-state index in [2.05, 4.69) is 5.09 Å². The predicted molar refractivity (Wildman–Crippen MR) is 78.4 cm³/mol. The first kappa shape index (κ1) is 17.0. The summed E-state index contributed by atoms with van der Waals surface area (Å²) in [6, 6.07) is -1.09. The van der Waals surface area contributed by atoms with Crippen LogP contribution < -0.4 is 5.09 Å². The second-order valence-corrected chi connectivity index (χ2v) is 9.18. The number of alkyl halides is 1. The molecule has 0 fully saturated rings. The van der Waals surface area contributed by atoms with Crippen LogP contribution in [-0.4, -0.2) is 43.3 Å². The van der Waals surface area contributed by atoms with Gasteiger partial charge in [-0.3, -0.25) is 0 Å². The number of hydrogen-bond acceptors (Lipinski definition) is 3. The fraction of sp³-hybridized carbons (Fsp3) is 0.818. The predicted octanol–water partition coefficient (Wildman–Crippen LogP) is 1.79. The van der Waals surface area contributed by atoms with E-state index >= 15 is 0 Å². The molecule has 0 amide bonds. The number of halogens is 1. The van der Waals surface area contributed by atoms with Crippen LogP contribution in [0.1, 0.15) is 27.7 Å². The van der Waals surface area contributed by atoms with E-state index in [1.165, 1.54) is 0 Å². The minimum atomic E-state index is -2.87. The molecular weight excluding hydrogens is 287 g/mol. The molecule has 0 spiro atoms. The van der Waals surface area contributed by atoms with Crippen LogP contribution in [0.3, 0.4) is 0 Å². The fourth-order valence-corrected chi connectivity index (χ4v) is 2.53. The normalized spacial score (nSPS) is 26.7. The van der Waals surface area contributed by atoms with E-state index in [4.69, 9.17) is 29.1 Å². The van der Waals surface area contributed by atoms with E-state index in [1.807, 2.05) is 13.8 Å². The lowest BCUT2D eigenvalue weighted by Gasteiger charge is -2.23. The highest BCUT2D eigenvalue weighted by Gasteiger charge is 2.36. The van der Waals surface area contributed by atoms with Crippen molar-refractivity contribution >= 4 is 26.1 Å². The highest BCUT2D eigenvalue weighted by Crippen LogP contribution is 2.45. The van der Waals surface area contributed by atoms with Crippen molar-refractivity contribution in [3.05, 3.63) is 11.5 Å². The molecule has 0 aromatic heterocycles. The van der Waals surface area contributed by atoms with Gasteiger partial charge in [0.15, 0.2) is 12.6 Å². The molecule has 108 valence electrons. The summed E-state index contributed by atoms with van der Waals surface area (Å²) in [6.07, 6.45) is -4.42. The molecule has 0 bridgehead atoms. The van der Waals surface area contributed by atoms with Gasteiger partial charge >= 0.3 is 0 Å². The van der Waals surface area contributed by atoms with Crippen LogP contribution in [-0.2, 0) is 21.3 Å². The lowest BCUT2D eigenvalue weighted by molar-refractivity contribution is 0.0551. The van der Waals surface area contributed by atoms with Gasteiger partial charge in [0.1, 0.15) is 20.2 Å². The average molecular weight is 307 g/mol. The molecule has 0 aliphatic carbocycles. The lowest BCUT2D eigenvalue weighted by Crippen LogP contribution is -2.27. The van der Waals surface area contributed by atoms with E-state index in [9.17, 15) is 9.28 Å². The monoisotopic (exact) mass is 307 g/mol. The maximum absolute atomic E-state index is 14.0. The quantitative estimate of drug-likeness (QED) is 0.579. The number of nitrogens with one attached hydrogen (secondary N) is 1. The zero-order valence-corrected chi connectivity index (χ0v) is 13.3. The van der Waals surface area contributed by atoms with Gasteiger partial charge in [-0.2, -0.15) is 0 Å². The molecule has 4 nitrogen and oxygen atoms in total. The Morgan fingerprint density at radius 3 is 2.58 bits per heavy atom. The van der Waals surface area contributed by atoms with Gasteiger partial charge in [0.2, 0.25) is 0 Å². The first-order valence-electron chi connectivity index (χ1n) is 6.17. The van der Waals surface area contributed by atoms with Crippen molar-refractivity contribution < 1.29 is 18.8 Å². The molecule has 1 aliphatic heterocycles. The van der Waals surface area contributed by atoms with Crippen LogP contribution in [0.4, 0.5) is 4.39 Å². The lowest BCUT2D eigenvalue weighted by atomic mass is 9.95. The highest BCUT2D eigenvalue weighted by atomic mass is 32.4. The van der Waals surface area contributed by atoms with E-state index < -0.39 is 18.6 Å². The molecule has 1 rings (SSSR count). The summed E-state index contributed by atoms with van der Waals surface area (Å²) >= 11 is 5.10. The van der Waals surface area contributed by atoms with Crippen molar-refractivity contribution in [3.63, 3.8) is 0 Å². The molecule has 1 aliphatic rings. The molecule has 0 aromatic carbocycles. The van der Waals surface area contributed by atoms with Gasteiger partial charge in [-0.15, -0.1) is 0 Å². The van der Waals surface area contributed by atoms with Crippen LogP contribution in [0.15, 0.2) is 11.5 Å². The molecule has 3 atom stereocenters. The Morgan fingerprint density at radius 2 is 2.11 bits per heavy atom. The Morgan fingerprint density at radius 1 is 1.53 bits per heavy atom. The van der Waals surface area contributed by atoms with Gasteiger partial charge in [-0.1, -0.05) is 13.8 Å². The zero-order chi connectivity index (χ0) is 14.8. The first-order valence-corrected chi connectivity index (χ1v) is 8.99. The number of ether oxygens (including phenoxy) is 2. The average Bonchev–Trinajstić information content (AvgIpc) is 2.53. The smallest absolute Gasteiger partial charge is 0.171 e. The molecule has 2 unspecified atom stereocenters. The van der Waals surface area contributed by atoms with Crippen LogP contribution in [0.2, 0.25) is 0 Å². The van der Waals surface area contributed by atoms with Crippen molar-refractivity contribution in [1.29, 1.82) is 0 Å². The second kappa shape index (κ2) is 6.57. The standard InChI is InChI=1S/C11H20BFNO3PS/c1-6(2)16-5-8-10(9(13)11(12)17-8)14-18(15,19)7(3)4/h6-7,9,11H,5H2,1-4H3,(H2,14,15,19)/t9?,11-,18?/m1/s1. The fourth-order valence-electron chi connectivity index (χ4n) is 1.39. The topological polar surface area (TPSA) is 50.7 Å². The summed E-state index contributed by atoms with van der Waals surface area (Å²) in [7, 11) is 5.52. The summed E-state index contributed by atoms with van der Waals surface area (Å²) in [4.78, 5) is 10.1. The van der Waals surface area contributed by atoms with Gasteiger partial charge in [0.25, 0.3) is 0 Å². The molecule has 0 aromatic rings. The summed E-state index contributed by atoms with van der Waals surface area (Å²) in [6.45, 7) is 7.38. The Balaban J connectivity index is 2.89. The molecule has 8 heteroatoms. The van der Waals surface area contributed by atoms with Crippen molar-refractivity contribution in [2.75, 3.05) is 6.61 Å². The van der Waals surface area contributed by atoms with Crippen molar-refractivity contribution in [2.45, 2.75) is 51.6 Å². The van der Waals surface area contributed by atoms with Gasteiger partial charge in [0, 0.05) is 5.66 Å². The van der Waals surface area contributed by atoms with E-state index in [1.54, 1.807) is 13.8 Å². The van der Waals surface area contributed by atoms with Crippen LogP contribution in [0.5, 0.6) is 0 Å². The highest BCUT2D eigenvalue weighted by molar-refractivity contribution is 8.11. The molecule has 2 radical (unpaired) electrons. The summed E-state index contributed by atoms with van der Waals surface area (Å²) in [5.41, 5.74) is -0.0565. The Kier molecular flexibility index (Phi) is 5.86. The molecule has 0 saturated carbocycles. The summed E-state index contributed by atoms with van der Waals surface area (Å²) in [5, 5.41) is 2.71. The minimum absolute atomic E-state index is 0.0190. The van der Waals surface area contributed by atoms with E-state index in [-0.39, 0.29) is 29.8 Å². The zero-order valence-electron chi connectivity index (χ0n) is 11.6. The molecule has 1 heterocycles. The van der Waals surface area contributed by atoms with Gasteiger partial charge in [-0.25, -0.2) is 4.39 Å².